The minimum Gasteiger partial charge on any atom is -0.463 e. The second-order valence-electron chi connectivity index (χ2n) is 6.98. The van der Waals surface area contributed by atoms with E-state index in [0.29, 0.717) is 35.2 Å². The molecule has 11 heteroatoms. The lowest BCUT2D eigenvalue weighted by Gasteiger charge is -2.04. The summed E-state index contributed by atoms with van der Waals surface area (Å²) in [4.78, 5) is 29.0. The Bertz CT molecular complexity index is 1240. The standard InChI is InChI=1S/C14H12ClN3O.C8H8O2.C6H6.C2H4.CH4.HNO2.H3N/c1-10(19)16-13-8-4-5-9-14(13)18-17-12-7-3-2-6-11(12)15;9-7-10-6-8-4-2-1-3-5-8;1-2-4-6-5-3-1;1-2;;2-1-3;/h2-9H,1H3,(H,16,19);1-5,7H,6H2;1-6H;1-2H2;1H4;(H,2,3);1H3. The quantitative estimate of drug-likeness (QED) is 0.0659. The van der Waals surface area contributed by atoms with E-state index in [2.05, 4.69) is 33.4 Å². The summed E-state index contributed by atoms with van der Waals surface area (Å²) in [5.41, 5.74) is 2.79. The van der Waals surface area contributed by atoms with Gasteiger partial charge < -0.3 is 21.4 Å². The number of carbonyl (C=O) groups excluding carboxylic acids is 2. The second kappa shape index (κ2) is 28.8. The van der Waals surface area contributed by atoms with Gasteiger partial charge in [0.05, 0.1) is 10.7 Å². The summed E-state index contributed by atoms with van der Waals surface area (Å²) in [5, 5.41) is 19.3. The van der Waals surface area contributed by atoms with E-state index in [0.717, 1.165) is 5.56 Å². The van der Waals surface area contributed by atoms with E-state index in [1.54, 1.807) is 24.3 Å². The lowest BCUT2D eigenvalue weighted by atomic mass is 10.2. The second-order valence-corrected chi connectivity index (χ2v) is 7.39. The highest BCUT2D eigenvalue weighted by Crippen LogP contribution is 2.29. The first-order valence-electron chi connectivity index (χ1n) is 11.6. The number of halogens is 1. The molecule has 4 aromatic rings. The number of rotatable bonds is 6. The monoisotopic (exact) mass is 595 g/mol. The summed E-state index contributed by atoms with van der Waals surface area (Å²) < 4.78 is 4.54. The molecule has 0 aliphatic carbocycles. The molecular formula is C31H38ClN5O5. The molecule has 4 rings (SSSR count). The molecule has 1 amide bonds. The van der Waals surface area contributed by atoms with Crippen molar-refractivity contribution in [2.24, 2.45) is 15.6 Å². The van der Waals surface area contributed by atoms with E-state index in [4.69, 9.17) is 21.7 Å². The maximum absolute atomic E-state index is 11.1. The number of hydrogen-bond donors (Lipinski definition) is 3. The zero-order chi connectivity index (χ0) is 29.8. The van der Waals surface area contributed by atoms with Crippen molar-refractivity contribution in [1.29, 1.82) is 0 Å². The first-order valence-corrected chi connectivity index (χ1v) is 12.0. The zero-order valence-electron chi connectivity index (χ0n) is 22.7. The third-order valence-electron chi connectivity index (χ3n) is 4.16. The van der Waals surface area contributed by atoms with Crippen LogP contribution in [-0.2, 0) is 20.9 Å². The van der Waals surface area contributed by atoms with E-state index in [-0.39, 0.29) is 19.5 Å². The van der Waals surface area contributed by atoms with Crippen LogP contribution in [0.1, 0.15) is 19.9 Å². The largest absolute Gasteiger partial charge is 0.463 e. The molecule has 0 atom stereocenters. The van der Waals surface area contributed by atoms with E-state index >= 15 is 0 Å². The smallest absolute Gasteiger partial charge is 0.293 e. The molecule has 0 unspecified atom stereocenters. The Balaban J connectivity index is -0.000000556. The average Bonchev–Trinajstić information content (AvgIpc) is 3.00. The SMILES string of the molecule is C.C=C.CC(=O)Nc1ccccc1N=Nc1ccccc1Cl.N.O=COCc1ccccc1.O=NO.c1ccccc1. The van der Waals surface area contributed by atoms with Crippen molar-refractivity contribution >= 4 is 41.0 Å². The number of nitrogens with zero attached hydrogens (tertiary/aromatic N) is 3. The van der Waals surface area contributed by atoms with E-state index in [9.17, 15) is 9.59 Å². The third-order valence-corrected chi connectivity index (χ3v) is 4.48. The molecule has 0 spiro atoms. The van der Waals surface area contributed by atoms with Crippen molar-refractivity contribution in [2.45, 2.75) is 21.0 Å². The molecule has 4 aromatic carbocycles. The molecule has 42 heavy (non-hydrogen) atoms. The van der Waals surface area contributed by atoms with E-state index < -0.39 is 0 Å². The molecule has 10 nitrogen and oxygen atoms in total. The Hall–Kier alpha value is -5.19. The van der Waals surface area contributed by atoms with Crippen LogP contribution in [-0.4, -0.2) is 17.6 Å². The predicted octanol–water partition coefficient (Wildman–Crippen LogP) is 9.50. The number of anilines is 1. The number of benzene rings is 4. The van der Waals surface area contributed by atoms with Crippen LogP contribution in [0.5, 0.6) is 0 Å². The number of para-hydroxylation sites is 1. The number of nitrogens with one attached hydrogen (secondary N) is 1. The van der Waals surface area contributed by atoms with Gasteiger partial charge in [-0.2, -0.15) is 0 Å². The summed E-state index contributed by atoms with van der Waals surface area (Å²) in [7, 11) is 0. The van der Waals surface area contributed by atoms with Gasteiger partial charge in [-0.1, -0.05) is 110 Å². The molecule has 0 aliphatic rings. The van der Waals surface area contributed by atoms with Gasteiger partial charge in [0.1, 0.15) is 18.0 Å². The molecule has 5 N–H and O–H groups in total. The minimum atomic E-state index is -0.152. The van der Waals surface area contributed by atoms with Gasteiger partial charge >= 0.3 is 0 Å². The maximum Gasteiger partial charge on any atom is 0.293 e. The summed E-state index contributed by atoms with van der Waals surface area (Å²) in [6.45, 7) is 8.26. The summed E-state index contributed by atoms with van der Waals surface area (Å²) in [6.07, 6.45) is 0. The van der Waals surface area contributed by atoms with Gasteiger partial charge in [-0.05, 0) is 29.8 Å². The van der Waals surface area contributed by atoms with Gasteiger partial charge in [0.15, 0.2) is 5.34 Å². The molecule has 0 fully saturated rings. The molecule has 0 aliphatic heterocycles. The molecule has 0 radical (unpaired) electrons. The molecular weight excluding hydrogens is 558 g/mol. The summed E-state index contributed by atoms with van der Waals surface area (Å²) in [5.74, 6) is -0.152. The Labute approximate surface area is 252 Å². The molecule has 0 aromatic heterocycles. The van der Waals surface area contributed by atoms with Crippen LogP contribution >= 0.6 is 11.6 Å². The van der Waals surface area contributed by atoms with Gasteiger partial charge in [-0.25, -0.2) is 0 Å². The van der Waals surface area contributed by atoms with Crippen LogP contribution in [0.2, 0.25) is 5.02 Å². The first kappa shape index (κ1) is 41.3. The van der Waals surface area contributed by atoms with Crippen LogP contribution < -0.4 is 11.5 Å². The van der Waals surface area contributed by atoms with Gasteiger partial charge in [0.2, 0.25) is 5.91 Å². The number of ether oxygens (including phenoxy) is 1. The lowest BCUT2D eigenvalue weighted by molar-refractivity contribution is -0.129. The van der Waals surface area contributed by atoms with Crippen molar-refractivity contribution in [3.05, 3.63) is 144 Å². The molecule has 0 bridgehead atoms. The van der Waals surface area contributed by atoms with Crippen molar-refractivity contribution in [3.8, 4) is 0 Å². The molecule has 0 saturated carbocycles. The molecule has 224 valence electrons. The van der Waals surface area contributed by atoms with Gasteiger partial charge in [0.25, 0.3) is 6.47 Å². The number of carbonyl (C=O) groups is 2. The van der Waals surface area contributed by atoms with Gasteiger partial charge in [-0.3, -0.25) is 9.59 Å². The number of hydrogen-bond acceptors (Lipinski definition) is 8. The highest BCUT2D eigenvalue weighted by Gasteiger charge is 2.02. The van der Waals surface area contributed by atoms with Crippen molar-refractivity contribution < 1.29 is 19.5 Å². The Kier molecular flexibility index (Phi) is 28.3. The first-order chi connectivity index (χ1) is 19.5. The molecule has 0 saturated heterocycles. The highest BCUT2D eigenvalue weighted by atomic mass is 35.5. The molecule has 0 heterocycles. The van der Waals surface area contributed by atoms with Crippen molar-refractivity contribution in [2.75, 3.05) is 5.32 Å². The van der Waals surface area contributed by atoms with Crippen LogP contribution in [0.15, 0.2) is 144 Å². The minimum absolute atomic E-state index is 0. The third kappa shape index (κ3) is 20.7. The van der Waals surface area contributed by atoms with Crippen LogP contribution in [0.25, 0.3) is 0 Å². The Morgan fingerprint density at radius 1 is 0.833 bits per heavy atom. The summed E-state index contributed by atoms with van der Waals surface area (Å²) in [6, 6.07) is 35.9. The fraction of sp³-hybridized carbons (Fsp3) is 0.0968. The number of azo groups is 1. The topological polar surface area (TPSA) is 165 Å². The maximum atomic E-state index is 11.1. The fourth-order valence-corrected chi connectivity index (χ4v) is 2.76. The van der Waals surface area contributed by atoms with Crippen LogP contribution in [0.4, 0.5) is 17.1 Å². The van der Waals surface area contributed by atoms with E-state index in [1.165, 1.54) is 12.3 Å². The highest BCUT2D eigenvalue weighted by molar-refractivity contribution is 6.32. The number of amides is 1. The van der Waals surface area contributed by atoms with Crippen molar-refractivity contribution in [1.82, 2.24) is 6.15 Å². The lowest BCUT2D eigenvalue weighted by Crippen LogP contribution is -2.05. The summed E-state index contributed by atoms with van der Waals surface area (Å²) >= 11 is 5.99. The van der Waals surface area contributed by atoms with Crippen LogP contribution in [0.3, 0.4) is 0 Å². The van der Waals surface area contributed by atoms with Gasteiger partial charge in [0, 0.05) is 6.92 Å². The average molecular weight is 596 g/mol. The Morgan fingerprint density at radius 3 is 1.71 bits per heavy atom. The van der Waals surface area contributed by atoms with Crippen LogP contribution in [0, 0.1) is 4.91 Å². The predicted molar refractivity (Wildman–Crippen MR) is 171 cm³/mol. The fourth-order valence-electron chi connectivity index (χ4n) is 2.59. The zero-order valence-corrected chi connectivity index (χ0v) is 23.4. The Morgan fingerprint density at radius 2 is 1.24 bits per heavy atom. The normalized spacial score (nSPS) is 8.43. The van der Waals surface area contributed by atoms with Crippen molar-refractivity contribution in [3.63, 3.8) is 0 Å². The van der Waals surface area contributed by atoms with Gasteiger partial charge in [-0.15, -0.1) is 28.3 Å². The van der Waals surface area contributed by atoms with E-state index in [1.807, 2.05) is 91.0 Å².